The van der Waals surface area contributed by atoms with Crippen LogP contribution in [0.1, 0.15) is 24.0 Å². The lowest BCUT2D eigenvalue weighted by molar-refractivity contribution is 0.534. The van der Waals surface area contributed by atoms with Gasteiger partial charge < -0.3 is 4.55 Å². The number of aryl methyl sites for hydroxylation is 1. The summed E-state index contributed by atoms with van der Waals surface area (Å²) in [4.78, 5) is 0.497. The van der Waals surface area contributed by atoms with Gasteiger partial charge in [0.05, 0.1) is 0 Å². The highest BCUT2D eigenvalue weighted by Crippen LogP contribution is 2.25. The minimum atomic E-state index is -2.07. The summed E-state index contributed by atoms with van der Waals surface area (Å²) >= 11 is -2.07. The van der Waals surface area contributed by atoms with Gasteiger partial charge in [-0.15, -0.1) is 0 Å². The molecule has 70 valence electrons. The zero-order valence-electron chi connectivity index (χ0n) is 7.29. The van der Waals surface area contributed by atoms with Crippen LogP contribution in [0.5, 0.6) is 0 Å². The van der Waals surface area contributed by atoms with E-state index < -0.39 is 11.1 Å². The van der Waals surface area contributed by atoms with Crippen LogP contribution in [0.3, 0.4) is 0 Å². The summed E-state index contributed by atoms with van der Waals surface area (Å²) in [5.74, 6) is 0. The molecule has 2 rings (SSSR count). The van der Waals surface area contributed by atoms with Crippen LogP contribution in [-0.2, 0) is 23.9 Å². The van der Waals surface area contributed by atoms with Crippen LogP contribution in [0.4, 0.5) is 0 Å². The minimum Gasteiger partial charge on any atom is -0.768 e. The molecule has 1 aliphatic carbocycles. The first-order chi connectivity index (χ1) is 6.29. The van der Waals surface area contributed by atoms with Crippen molar-refractivity contribution >= 4 is 11.1 Å². The van der Waals surface area contributed by atoms with E-state index in [1.807, 2.05) is 12.1 Å². The average Bonchev–Trinajstić information content (AvgIpc) is 2.17. The first kappa shape index (κ1) is 8.91. The van der Waals surface area contributed by atoms with E-state index >= 15 is 0 Å². The molecule has 3 heteroatoms. The third-order valence-electron chi connectivity index (χ3n) is 2.53. The molecule has 1 aromatic carbocycles. The van der Waals surface area contributed by atoms with Crippen molar-refractivity contribution < 1.29 is 8.76 Å². The Balaban J connectivity index is 2.52. The third kappa shape index (κ3) is 1.67. The molecule has 0 saturated carbocycles. The Labute approximate surface area is 80.3 Å². The zero-order chi connectivity index (χ0) is 9.26. The fraction of sp³-hybridized carbons (Fsp3) is 0.400. The second-order valence-electron chi connectivity index (χ2n) is 3.34. The first-order valence-electron chi connectivity index (χ1n) is 4.49. The highest BCUT2D eigenvalue weighted by molar-refractivity contribution is 7.79. The van der Waals surface area contributed by atoms with Crippen LogP contribution in [0.25, 0.3) is 0 Å². The number of rotatable bonds is 1. The molecular weight excluding hydrogens is 184 g/mol. The maximum atomic E-state index is 10.9. The molecule has 0 spiro atoms. The Morgan fingerprint density at radius 3 is 2.77 bits per heavy atom. The van der Waals surface area contributed by atoms with Crippen molar-refractivity contribution in [1.82, 2.24) is 0 Å². The quantitative estimate of drug-likeness (QED) is 0.641. The van der Waals surface area contributed by atoms with Crippen LogP contribution in [-0.4, -0.2) is 8.76 Å². The van der Waals surface area contributed by atoms with E-state index in [0.717, 1.165) is 24.8 Å². The van der Waals surface area contributed by atoms with Gasteiger partial charge >= 0.3 is 0 Å². The Hall–Kier alpha value is -0.670. The molecule has 0 bridgehead atoms. The SMILES string of the molecule is O=S([O-])c1cccc2c1CCCC2. The van der Waals surface area contributed by atoms with Crippen LogP contribution >= 0.6 is 0 Å². The van der Waals surface area contributed by atoms with Crippen LogP contribution in [0.2, 0.25) is 0 Å². The van der Waals surface area contributed by atoms with Gasteiger partial charge in [-0.1, -0.05) is 12.1 Å². The van der Waals surface area contributed by atoms with E-state index in [-0.39, 0.29) is 0 Å². The van der Waals surface area contributed by atoms with Gasteiger partial charge in [-0.05, 0) is 54.0 Å². The molecular formula is C10H11O2S-. The Bertz CT molecular complexity index is 347. The summed E-state index contributed by atoms with van der Waals surface area (Å²) in [5.41, 5.74) is 2.26. The molecule has 1 atom stereocenters. The van der Waals surface area contributed by atoms with Crippen molar-refractivity contribution in [3.63, 3.8) is 0 Å². The first-order valence-corrected chi connectivity index (χ1v) is 5.56. The predicted octanol–water partition coefficient (Wildman–Crippen LogP) is 1.80. The van der Waals surface area contributed by atoms with Crippen molar-refractivity contribution in [2.75, 3.05) is 0 Å². The van der Waals surface area contributed by atoms with Gasteiger partial charge in [0, 0.05) is 4.90 Å². The number of fused-ring (bicyclic) bond motifs is 1. The molecule has 0 saturated heterocycles. The Morgan fingerprint density at radius 2 is 2.00 bits per heavy atom. The number of benzene rings is 1. The summed E-state index contributed by atoms with van der Waals surface area (Å²) in [6.07, 6.45) is 4.24. The molecule has 0 amide bonds. The topological polar surface area (TPSA) is 40.1 Å². The monoisotopic (exact) mass is 195 g/mol. The molecule has 0 radical (unpaired) electrons. The average molecular weight is 195 g/mol. The lowest BCUT2D eigenvalue weighted by atomic mass is 9.92. The highest BCUT2D eigenvalue weighted by Gasteiger charge is 2.12. The van der Waals surface area contributed by atoms with E-state index in [1.165, 1.54) is 12.0 Å². The van der Waals surface area contributed by atoms with Gasteiger partial charge in [0.1, 0.15) is 0 Å². The van der Waals surface area contributed by atoms with Crippen LogP contribution < -0.4 is 0 Å². The second kappa shape index (κ2) is 3.60. The van der Waals surface area contributed by atoms with Crippen molar-refractivity contribution in [3.05, 3.63) is 29.3 Å². The summed E-state index contributed by atoms with van der Waals surface area (Å²) in [7, 11) is 0. The molecule has 0 aromatic heterocycles. The summed E-state index contributed by atoms with van der Waals surface area (Å²) in [5, 5.41) is 0. The van der Waals surface area contributed by atoms with Crippen molar-refractivity contribution in [2.24, 2.45) is 0 Å². The lowest BCUT2D eigenvalue weighted by Crippen LogP contribution is -2.06. The summed E-state index contributed by atoms with van der Waals surface area (Å²) in [6.45, 7) is 0. The van der Waals surface area contributed by atoms with E-state index in [9.17, 15) is 8.76 Å². The van der Waals surface area contributed by atoms with Gasteiger partial charge in [-0.2, -0.15) is 0 Å². The maximum Gasteiger partial charge on any atom is 0.0283 e. The van der Waals surface area contributed by atoms with E-state index in [4.69, 9.17) is 0 Å². The molecule has 0 N–H and O–H groups in total. The summed E-state index contributed by atoms with van der Waals surface area (Å²) in [6, 6.07) is 5.55. The smallest absolute Gasteiger partial charge is 0.0283 e. The number of hydrogen-bond acceptors (Lipinski definition) is 2. The molecule has 1 aliphatic rings. The Morgan fingerprint density at radius 1 is 1.23 bits per heavy atom. The van der Waals surface area contributed by atoms with E-state index in [0.29, 0.717) is 4.90 Å². The minimum absolute atomic E-state index is 0.497. The van der Waals surface area contributed by atoms with Crippen molar-refractivity contribution in [3.8, 4) is 0 Å². The molecule has 0 aliphatic heterocycles. The fourth-order valence-corrected chi connectivity index (χ4v) is 2.53. The van der Waals surface area contributed by atoms with Crippen molar-refractivity contribution in [1.29, 1.82) is 0 Å². The van der Waals surface area contributed by atoms with Gasteiger partial charge in [0.15, 0.2) is 0 Å². The van der Waals surface area contributed by atoms with Gasteiger partial charge in [0.2, 0.25) is 0 Å². The largest absolute Gasteiger partial charge is 0.768 e. The van der Waals surface area contributed by atoms with Gasteiger partial charge in [0.25, 0.3) is 0 Å². The van der Waals surface area contributed by atoms with Crippen LogP contribution in [0.15, 0.2) is 23.1 Å². The molecule has 13 heavy (non-hydrogen) atoms. The lowest BCUT2D eigenvalue weighted by Gasteiger charge is -2.20. The molecule has 0 heterocycles. The normalized spacial score (nSPS) is 17.9. The maximum absolute atomic E-state index is 10.9. The summed E-state index contributed by atoms with van der Waals surface area (Å²) < 4.78 is 21.7. The highest BCUT2D eigenvalue weighted by atomic mass is 32.2. The molecule has 2 nitrogen and oxygen atoms in total. The zero-order valence-corrected chi connectivity index (χ0v) is 8.10. The van der Waals surface area contributed by atoms with E-state index in [1.54, 1.807) is 6.07 Å². The van der Waals surface area contributed by atoms with E-state index in [2.05, 4.69) is 0 Å². The third-order valence-corrected chi connectivity index (χ3v) is 3.27. The van der Waals surface area contributed by atoms with Gasteiger partial charge in [-0.25, -0.2) is 0 Å². The van der Waals surface area contributed by atoms with Crippen LogP contribution in [0, 0.1) is 0 Å². The number of hydrogen-bond donors (Lipinski definition) is 0. The van der Waals surface area contributed by atoms with Gasteiger partial charge in [-0.3, -0.25) is 4.21 Å². The second-order valence-corrected chi connectivity index (χ2v) is 4.24. The van der Waals surface area contributed by atoms with Crippen molar-refractivity contribution in [2.45, 2.75) is 30.6 Å². The fourth-order valence-electron chi connectivity index (χ4n) is 1.90. The predicted molar refractivity (Wildman–Crippen MR) is 50.3 cm³/mol. The molecule has 1 unspecified atom stereocenters. The molecule has 0 fully saturated rings. The standard InChI is InChI=1S/C10H12O2S/c11-13(12)10-7-3-5-8-4-1-2-6-9(8)10/h3,5,7H,1-2,4,6H2,(H,11,12)/p-1. The Kier molecular flexibility index (Phi) is 2.47. The molecule has 1 aromatic rings.